The SMILES string of the molecule is O=S(=O)(c1cccs1)N1CCN(c2ncc(O)cn2)[C@@H](CN2C3COC[C@@H]2[C@H](O)C3)C1. The van der Waals surface area contributed by atoms with Crippen molar-refractivity contribution in [3.8, 4) is 5.75 Å². The van der Waals surface area contributed by atoms with E-state index in [4.69, 9.17) is 4.74 Å². The molecule has 10 nitrogen and oxygen atoms in total. The van der Waals surface area contributed by atoms with Gasteiger partial charge in [-0.3, -0.25) is 4.90 Å². The zero-order valence-electron chi connectivity index (χ0n) is 16.8. The summed E-state index contributed by atoms with van der Waals surface area (Å²) in [6.07, 6.45) is 2.90. The molecule has 3 aliphatic rings. The molecule has 12 heteroatoms. The molecule has 0 aliphatic carbocycles. The number of piperazine rings is 1. The summed E-state index contributed by atoms with van der Waals surface area (Å²) < 4.78 is 33.8. The van der Waals surface area contributed by atoms with Gasteiger partial charge in [0.1, 0.15) is 4.21 Å². The van der Waals surface area contributed by atoms with Crippen LogP contribution in [0, 0.1) is 0 Å². The number of hydrogen-bond donors (Lipinski definition) is 2. The maximum atomic E-state index is 13.1. The summed E-state index contributed by atoms with van der Waals surface area (Å²) >= 11 is 1.21. The first-order valence-corrected chi connectivity index (χ1v) is 12.6. The first-order chi connectivity index (χ1) is 14.9. The molecule has 0 amide bonds. The maximum Gasteiger partial charge on any atom is 0.252 e. The number of sulfonamides is 1. The van der Waals surface area contributed by atoms with Crippen LogP contribution in [0.1, 0.15) is 6.42 Å². The lowest BCUT2D eigenvalue weighted by Crippen LogP contribution is -2.61. The van der Waals surface area contributed by atoms with Crippen LogP contribution in [0.25, 0.3) is 0 Å². The highest BCUT2D eigenvalue weighted by atomic mass is 32.2. The average molecular weight is 468 g/mol. The number of nitrogens with zero attached hydrogens (tertiary/aromatic N) is 5. The van der Waals surface area contributed by atoms with E-state index in [0.717, 1.165) is 0 Å². The van der Waals surface area contributed by atoms with Crippen molar-refractivity contribution in [2.75, 3.05) is 44.3 Å². The zero-order chi connectivity index (χ0) is 21.6. The van der Waals surface area contributed by atoms with E-state index in [0.29, 0.717) is 49.4 Å². The summed E-state index contributed by atoms with van der Waals surface area (Å²) in [5.41, 5.74) is 0. The van der Waals surface area contributed by atoms with E-state index in [1.54, 1.807) is 17.5 Å². The van der Waals surface area contributed by atoms with Crippen molar-refractivity contribution in [1.29, 1.82) is 0 Å². The largest absolute Gasteiger partial charge is 0.505 e. The van der Waals surface area contributed by atoms with Crippen molar-refractivity contribution >= 4 is 27.3 Å². The quantitative estimate of drug-likeness (QED) is 0.624. The Kier molecular flexibility index (Phi) is 5.61. The highest BCUT2D eigenvalue weighted by Gasteiger charge is 2.46. The number of aromatic nitrogens is 2. The Hall–Kier alpha value is -1.83. The van der Waals surface area contributed by atoms with E-state index in [-0.39, 0.29) is 30.4 Å². The lowest BCUT2D eigenvalue weighted by Gasteiger charge is -2.44. The summed E-state index contributed by atoms with van der Waals surface area (Å²) in [6.45, 7) is 2.64. The minimum Gasteiger partial charge on any atom is -0.505 e. The van der Waals surface area contributed by atoms with Gasteiger partial charge in [0.05, 0.1) is 43.8 Å². The van der Waals surface area contributed by atoms with Crippen LogP contribution in [0.15, 0.2) is 34.1 Å². The fourth-order valence-corrected chi connectivity index (χ4v) is 7.36. The number of aliphatic hydroxyl groups is 1. The van der Waals surface area contributed by atoms with E-state index in [9.17, 15) is 18.6 Å². The monoisotopic (exact) mass is 467 g/mol. The Morgan fingerprint density at radius 2 is 2.03 bits per heavy atom. The Labute approximate surface area is 184 Å². The standard InChI is InChI=1S/C19H25N5O5S2/c25-15-7-20-19(21-8-15)23-4-3-22(31(27,28)18-2-1-5-30-18)9-14(23)10-24-13-6-17(26)16(24)12-29-11-13/h1-2,5,7-8,13-14,16-17,25-26H,3-4,6,9-12H2/t13?,14-,16-,17-/m1/s1. The van der Waals surface area contributed by atoms with Gasteiger partial charge in [0.2, 0.25) is 5.95 Å². The molecule has 0 radical (unpaired) electrons. The molecule has 1 unspecified atom stereocenters. The van der Waals surface area contributed by atoms with Crippen LogP contribution >= 0.6 is 11.3 Å². The molecule has 0 spiro atoms. The topological polar surface area (TPSA) is 119 Å². The summed E-state index contributed by atoms with van der Waals surface area (Å²) in [5.74, 6) is 0.436. The van der Waals surface area contributed by atoms with Crippen LogP contribution in [0.4, 0.5) is 5.95 Å². The molecule has 3 fully saturated rings. The fraction of sp³-hybridized carbons (Fsp3) is 0.579. The van der Waals surface area contributed by atoms with Crippen molar-refractivity contribution in [1.82, 2.24) is 19.2 Å². The van der Waals surface area contributed by atoms with Gasteiger partial charge in [-0.05, 0) is 17.9 Å². The van der Waals surface area contributed by atoms with Gasteiger partial charge < -0.3 is 19.8 Å². The van der Waals surface area contributed by atoms with E-state index in [1.165, 1.54) is 28.0 Å². The van der Waals surface area contributed by atoms with Gasteiger partial charge in [-0.2, -0.15) is 4.31 Å². The number of ether oxygens (including phenoxy) is 1. The minimum atomic E-state index is -3.58. The van der Waals surface area contributed by atoms with E-state index < -0.39 is 16.1 Å². The Bertz CT molecular complexity index is 1000. The third kappa shape index (κ3) is 3.92. The molecule has 5 rings (SSSR count). The first-order valence-electron chi connectivity index (χ1n) is 10.3. The minimum absolute atomic E-state index is 0.0199. The zero-order valence-corrected chi connectivity index (χ0v) is 18.5. The molecule has 2 aromatic rings. The summed E-state index contributed by atoms with van der Waals surface area (Å²) in [6, 6.07) is 3.18. The average Bonchev–Trinajstić information content (AvgIpc) is 3.35. The van der Waals surface area contributed by atoms with Crippen LogP contribution in [-0.2, 0) is 14.8 Å². The van der Waals surface area contributed by atoms with E-state index in [2.05, 4.69) is 14.9 Å². The van der Waals surface area contributed by atoms with E-state index >= 15 is 0 Å². The molecule has 0 saturated carbocycles. The Balaban J connectivity index is 1.42. The number of hydrogen-bond acceptors (Lipinski definition) is 10. The Morgan fingerprint density at radius 1 is 1.23 bits per heavy atom. The predicted octanol–water partition coefficient (Wildman–Crippen LogP) is -0.0428. The van der Waals surface area contributed by atoms with Crippen molar-refractivity contribution in [2.45, 2.75) is 34.9 Å². The molecule has 3 saturated heterocycles. The molecular formula is C19H25N5O5S2. The number of morpholine rings is 1. The van der Waals surface area contributed by atoms with Crippen LogP contribution in [0.3, 0.4) is 0 Å². The van der Waals surface area contributed by atoms with Gasteiger partial charge in [0.15, 0.2) is 5.75 Å². The highest BCUT2D eigenvalue weighted by molar-refractivity contribution is 7.91. The molecule has 2 N–H and O–H groups in total. The normalized spacial score (nSPS) is 30.0. The fourth-order valence-electron chi connectivity index (χ4n) is 4.75. The van der Waals surface area contributed by atoms with Crippen molar-refractivity contribution < 1.29 is 23.4 Å². The highest BCUT2D eigenvalue weighted by Crippen LogP contribution is 2.32. The predicted molar refractivity (Wildman–Crippen MR) is 114 cm³/mol. The van der Waals surface area contributed by atoms with Crippen molar-refractivity contribution in [3.05, 3.63) is 29.9 Å². The van der Waals surface area contributed by atoms with Crippen LogP contribution < -0.4 is 4.90 Å². The molecule has 0 aromatic carbocycles. The second-order valence-corrected chi connectivity index (χ2v) is 11.3. The van der Waals surface area contributed by atoms with Crippen molar-refractivity contribution in [3.63, 3.8) is 0 Å². The molecule has 3 aliphatic heterocycles. The molecule has 4 atom stereocenters. The van der Waals surface area contributed by atoms with Gasteiger partial charge >= 0.3 is 0 Å². The number of rotatable bonds is 5. The second-order valence-electron chi connectivity index (χ2n) is 8.14. The molecule has 168 valence electrons. The molecular weight excluding hydrogens is 442 g/mol. The van der Waals surface area contributed by atoms with E-state index in [1.807, 2.05) is 4.90 Å². The van der Waals surface area contributed by atoms with Crippen LogP contribution in [-0.4, -0.2) is 101 Å². The van der Waals surface area contributed by atoms with Crippen LogP contribution in [0.5, 0.6) is 5.75 Å². The van der Waals surface area contributed by atoms with Gasteiger partial charge in [-0.15, -0.1) is 11.3 Å². The van der Waals surface area contributed by atoms with Gasteiger partial charge in [-0.25, -0.2) is 18.4 Å². The second kappa shape index (κ2) is 8.26. The summed E-state index contributed by atoms with van der Waals surface area (Å²) in [5, 5.41) is 21.8. The summed E-state index contributed by atoms with van der Waals surface area (Å²) in [4.78, 5) is 12.8. The molecule has 31 heavy (non-hydrogen) atoms. The smallest absolute Gasteiger partial charge is 0.252 e. The maximum absolute atomic E-state index is 13.1. The third-order valence-electron chi connectivity index (χ3n) is 6.29. The van der Waals surface area contributed by atoms with Crippen LogP contribution in [0.2, 0.25) is 0 Å². The van der Waals surface area contributed by atoms with Gasteiger partial charge in [0.25, 0.3) is 10.0 Å². The number of anilines is 1. The molecule has 2 aromatic heterocycles. The lowest BCUT2D eigenvalue weighted by atomic mass is 10.1. The third-order valence-corrected chi connectivity index (χ3v) is 9.53. The number of aromatic hydroxyl groups is 1. The number of fused-ring (bicyclic) bond motifs is 2. The van der Waals surface area contributed by atoms with Gasteiger partial charge in [0, 0.05) is 32.2 Å². The summed E-state index contributed by atoms with van der Waals surface area (Å²) in [7, 11) is -3.58. The first kappa shape index (κ1) is 21.0. The molecule has 5 heterocycles. The lowest BCUT2D eigenvalue weighted by molar-refractivity contribution is -0.0345. The number of aliphatic hydroxyl groups excluding tert-OH is 1. The van der Waals surface area contributed by atoms with Crippen molar-refractivity contribution in [2.24, 2.45) is 0 Å². The molecule has 2 bridgehead atoms. The Morgan fingerprint density at radius 3 is 2.74 bits per heavy atom. The number of thiophene rings is 1. The van der Waals surface area contributed by atoms with Gasteiger partial charge in [-0.1, -0.05) is 6.07 Å².